The summed E-state index contributed by atoms with van der Waals surface area (Å²) in [5.41, 5.74) is 3.52. The fourth-order valence-corrected chi connectivity index (χ4v) is 2.61. The van der Waals surface area contributed by atoms with Crippen molar-refractivity contribution >= 4 is 11.5 Å². The van der Waals surface area contributed by atoms with E-state index in [2.05, 4.69) is 15.3 Å². The molecule has 4 rings (SSSR count). The van der Waals surface area contributed by atoms with Crippen LogP contribution in [0.15, 0.2) is 30.5 Å². The third-order valence-electron chi connectivity index (χ3n) is 3.94. The lowest BCUT2D eigenvalue weighted by molar-refractivity contribution is 0.405. The van der Waals surface area contributed by atoms with Gasteiger partial charge in [-0.3, -0.25) is 0 Å². The minimum Gasteiger partial charge on any atom is -0.495 e. The van der Waals surface area contributed by atoms with Crippen molar-refractivity contribution in [3.63, 3.8) is 0 Å². The Morgan fingerprint density at radius 3 is 2.91 bits per heavy atom. The summed E-state index contributed by atoms with van der Waals surface area (Å²) in [4.78, 5) is 9.01. The van der Waals surface area contributed by atoms with Gasteiger partial charge in [0.1, 0.15) is 23.0 Å². The molecule has 3 aromatic rings. The van der Waals surface area contributed by atoms with E-state index < -0.39 is 0 Å². The van der Waals surface area contributed by atoms with Gasteiger partial charge in [-0.05, 0) is 25.0 Å². The minimum absolute atomic E-state index is 0.506. The highest BCUT2D eigenvalue weighted by Gasteiger charge is 2.29. The van der Waals surface area contributed by atoms with Crippen molar-refractivity contribution in [3.8, 4) is 17.1 Å². The molecule has 0 aromatic carbocycles. The number of nitrogens with one attached hydrogen (secondary N) is 1. The maximum Gasteiger partial charge on any atom is 0.157 e. The smallest absolute Gasteiger partial charge is 0.157 e. The van der Waals surface area contributed by atoms with Crippen LogP contribution in [-0.4, -0.2) is 33.7 Å². The number of hydrogen-bond donors (Lipinski definition) is 1. The lowest BCUT2D eigenvalue weighted by Gasteiger charge is -2.08. The lowest BCUT2D eigenvalue weighted by Crippen LogP contribution is -2.03. The van der Waals surface area contributed by atoms with E-state index in [0.717, 1.165) is 34.3 Å². The van der Waals surface area contributed by atoms with Gasteiger partial charge in [0, 0.05) is 19.0 Å². The number of fused-ring (bicyclic) bond motifs is 1. The zero-order valence-electron chi connectivity index (χ0n) is 12.6. The Balaban J connectivity index is 1.89. The standard InChI is InChI=1S/C16H17N5O/c1-17-14-5-3-4-11(19-14)12-9-18-15-8-13(22-2)16(10-6-7-10)20-21(12)15/h3-5,8-10H,6-7H2,1-2H3,(H,17,19). The van der Waals surface area contributed by atoms with Crippen molar-refractivity contribution in [2.24, 2.45) is 0 Å². The molecule has 6 nitrogen and oxygen atoms in total. The number of aromatic nitrogens is 4. The molecule has 1 aliphatic carbocycles. The summed E-state index contributed by atoms with van der Waals surface area (Å²) in [6.45, 7) is 0. The molecule has 0 bridgehead atoms. The first-order valence-electron chi connectivity index (χ1n) is 7.38. The van der Waals surface area contributed by atoms with Crippen LogP contribution in [0.2, 0.25) is 0 Å². The summed E-state index contributed by atoms with van der Waals surface area (Å²) in [5.74, 6) is 2.15. The normalized spacial score (nSPS) is 14.3. The van der Waals surface area contributed by atoms with Crippen molar-refractivity contribution in [3.05, 3.63) is 36.2 Å². The Kier molecular flexibility index (Phi) is 2.96. The van der Waals surface area contributed by atoms with Gasteiger partial charge in [-0.2, -0.15) is 5.10 Å². The molecule has 1 saturated carbocycles. The quantitative estimate of drug-likeness (QED) is 0.801. The largest absolute Gasteiger partial charge is 0.495 e. The molecule has 0 saturated heterocycles. The first-order valence-corrected chi connectivity index (χ1v) is 7.38. The number of imidazole rings is 1. The Morgan fingerprint density at radius 2 is 2.18 bits per heavy atom. The third-order valence-corrected chi connectivity index (χ3v) is 3.94. The van der Waals surface area contributed by atoms with E-state index in [1.54, 1.807) is 13.3 Å². The van der Waals surface area contributed by atoms with Gasteiger partial charge in [-0.25, -0.2) is 14.5 Å². The predicted molar refractivity (Wildman–Crippen MR) is 84.3 cm³/mol. The maximum atomic E-state index is 5.46. The molecule has 0 radical (unpaired) electrons. The number of methoxy groups -OCH3 is 1. The molecule has 3 aromatic heterocycles. The van der Waals surface area contributed by atoms with Gasteiger partial charge >= 0.3 is 0 Å². The van der Waals surface area contributed by atoms with E-state index in [-0.39, 0.29) is 0 Å². The SMILES string of the molecule is CNc1cccc(-c2cnc3cc(OC)c(C4CC4)nn23)n1. The molecule has 0 spiro atoms. The third kappa shape index (κ3) is 2.07. The second-order valence-electron chi connectivity index (χ2n) is 5.44. The highest BCUT2D eigenvalue weighted by molar-refractivity contribution is 5.62. The molecule has 0 unspecified atom stereocenters. The molecule has 112 valence electrons. The highest BCUT2D eigenvalue weighted by Crippen LogP contribution is 2.43. The van der Waals surface area contributed by atoms with Gasteiger partial charge in [0.05, 0.1) is 19.0 Å². The number of nitrogens with zero attached hydrogens (tertiary/aromatic N) is 4. The van der Waals surface area contributed by atoms with Crippen LogP contribution in [0.25, 0.3) is 17.0 Å². The van der Waals surface area contributed by atoms with Crippen LogP contribution in [0.1, 0.15) is 24.5 Å². The average molecular weight is 295 g/mol. The van der Waals surface area contributed by atoms with E-state index in [1.807, 2.05) is 35.8 Å². The molecule has 1 N–H and O–H groups in total. The number of ether oxygens (including phenoxy) is 1. The number of pyridine rings is 1. The molecule has 22 heavy (non-hydrogen) atoms. The van der Waals surface area contributed by atoms with Crippen LogP contribution in [0.3, 0.4) is 0 Å². The van der Waals surface area contributed by atoms with E-state index in [9.17, 15) is 0 Å². The monoisotopic (exact) mass is 295 g/mol. The van der Waals surface area contributed by atoms with Crippen LogP contribution in [0, 0.1) is 0 Å². The Bertz CT molecular complexity index is 838. The fraction of sp³-hybridized carbons (Fsp3) is 0.312. The Labute approximate surface area is 128 Å². The van der Waals surface area contributed by atoms with Crippen LogP contribution in [0.4, 0.5) is 5.82 Å². The minimum atomic E-state index is 0.506. The topological polar surface area (TPSA) is 64.3 Å². The number of anilines is 1. The predicted octanol–water partition coefficient (Wildman–Crippen LogP) is 2.72. The molecular formula is C16H17N5O. The molecular weight excluding hydrogens is 278 g/mol. The number of hydrogen-bond acceptors (Lipinski definition) is 5. The van der Waals surface area contributed by atoms with Gasteiger partial charge in [-0.15, -0.1) is 0 Å². The first kappa shape index (κ1) is 13.1. The van der Waals surface area contributed by atoms with E-state index in [0.29, 0.717) is 5.92 Å². The van der Waals surface area contributed by atoms with Crippen LogP contribution in [-0.2, 0) is 0 Å². The van der Waals surface area contributed by atoms with Gasteiger partial charge in [-0.1, -0.05) is 6.07 Å². The molecule has 0 atom stereocenters. The van der Waals surface area contributed by atoms with Gasteiger partial charge in [0.2, 0.25) is 0 Å². The van der Waals surface area contributed by atoms with Crippen LogP contribution < -0.4 is 10.1 Å². The molecule has 1 fully saturated rings. The second-order valence-corrected chi connectivity index (χ2v) is 5.44. The Hall–Kier alpha value is -2.63. The van der Waals surface area contributed by atoms with Crippen LogP contribution >= 0.6 is 0 Å². The highest BCUT2D eigenvalue weighted by atomic mass is 16.5. The average Bonchev–Trinajstić information content (AvgIpc) is 3.33. The summed E-state index contributed by atoms with van der Waals surface area (Å²) in [6, 6.07) is 7.82. The fourth-order valence-electron chi connectivity index (χ4n) is 2.61. The van der Waals surface area contributed by atoms with Gasteiger partial charge < -0.3 is 10.1 Å². The molecule has 0 amide bonds. The zero-order valence-corrected chi connectivity index (χ0v) is 12.6. The second kappa shape index (κ2) is 4.98. The van der Waals surface area contributed by atoms with Crippen LogP contribution in [0.5, 0.6) is 5.75 Å². The van der Waals surface area contributed by atoms with Gasteiger partial charge in [0.15, 0.2) is 5.65 Å². The van der Waals surface area contributed by atoms with E-state index in [1.165, 1.54) is 12.8 Å². The maximum absolute atomic E-state index is 5.46. The molecule has 0 aliphatic heterocycles. The van der Waals surface area contributed by atoms with E-state index in [4.69, 9.17) is 9.84 Å². The summed E-state index contributed by atoms with van der Waals surface area (Å²) in [7, 11) is 3.54. The molecule has 6 heteroatoms. The summed E-state index contributed by atoms with van der Waals surface area (Å²) < 4.78 is 7.32. The molecule has 1 aliphatic rings. The first-order chi connectivity index (χ1) is 10.8. The number of rotatable bonds is 4. The van der Waals surface area contributed by atoms with Crippen molar-refractivity contribution in [2.75, 3.05) is 19.5 Å². The lowest BCUT2D eigenvalue weighted by atomic mass is 10.2. The zero-order chi connectivity index (χ0) is 15.1. The van der Waals surface area contributed by atoms with Gasteiger partial charge in [0.25, 0.3) is 0 Å². The van der Waals surface area contributed by atoms with Crippen molar-refractivity contribution in [1.82, 2.24) is 19.6 Å². The van der Waals surface area contributed by atoms with Crippen molar-refractivity contribution in [1.29, 1.82) is 0 Å². The summed E-state index contributed by atoms with van der Waals surface area (Å²) in [6.07, 6.45) is 4.15. The summed E-state index contributed by atoms with van der Waals surface area (Å²) >= 11 is 0. The molecule has 3 heterocycles. The van der Waals surface area contributed by atoms with Crippen molar-refractivity contribution in [2.45, 2.75) is 18.8 Å². The Morgan fingerprint density at radius 1 is 1.32 bits per heavy atom. The summed E-state index contributed by atoms with van der Waals surface area (Å²) in [5, 5.41) is 7.82. The van der Waals surface area contributed by atoms with Crippen molar-refractivity contribution < 1.29 is 4.74 Å². The van der Waals surface area contributed by atoms with E-state index >= 15 is 0 Å².